The average molecular weight is 297 g/mol. The third-order valence-electron chi connectivity index (χ3n) is 2.79. The van der Waals surface area contributed by atoms with Gasteiger partial charge in [-0.05, 0) is 24.6 Å². The molecule has 0 saturated carbocycles. The lowest BCUT2D eigenvalue weighted by Gasteiger charge is -2.17. The molecular formula is C15H23NO5. The fourth-order valence-corrected chi connectivity index (χ4v) is 1.82. The molecule has 21 heavy (non-hydrogen) atoms. The van der Waals surface area contributed by atoms with E-state index in [-0.39, 0.29) is 19.2 Å². The molecule has 0 radical (unpaired) electrons. The highest BCUT2D eigenvalue weighted by atomic mass is 16.5. The molecule has 0 bridgehead atoms. The Morgan fingerprint density at radius 1 is 1.29 bits per heavy atom. The van der Waals surface area contributed by atoms with E-state index in [1.54, 1.807) is 0 Å². The van der Waals surface area contributed by atoms with Gasteiger partial charge in [0.25, 0.3) is 0 Å². The summed E-state index contributed by atoms with van der Waals surface area (Å²) >= 11 is 0. The minimum absolute atomic E-state index is 0.0146. The van der Waals surface area contributed by atoms with Crippen LogP contribution < -0.4 is 10.1 Å². The third-order valence-corrected chi connectivity index (χ3v) is 2.79. The lowest BCUT2D eigenvalue weighted by Crippen LogP contribution is -2.32. The molecule has 0 aromatic heterocycles. The molecule has 0 spiro atoms. The number of benzene rings is 1. The Hall–Kier alpha value is -1.63. The van der Waals surface area contributed by atoms with Crippen LogP contribution in [0.5, 0.6) is 5.75 Å². The van der Waals surface area contributed by atoms with Crippen LogP contribution in [0.3, 0.4) is 0 Å². The smallest absolute Gasteiger partial charge is 0.327 e. The molecule has 118 valence electrons. The highest BCUT2D eigenvalue weighted by Crippen LogP contribution is 2.19. The Labute approximate surface area is 125 Å². The summed E-state index contributed by atoms with van der Waals surface area (Å²) in [5.74, 6) is 0.400. The number of carbonyl (C=O) groups is 1. The van der Waals surface area contributed by atoms with E-state index in [0.29, 0.717) is 19.8 Å². The van der Waals surface area contributed by atoms with E-state index in [9.17, 15) is 4.79 Å². The second-order valence-electron chi connectivity index (χ2n) is 4.25. The first-order valence-electron chi connectivity index (χ1n) is 6.95. The van der Waals surface area contributed by atoms with Gasteiger partial charge in [-0.2, -0.15) is 0 Å². The second-order valence-corrected chi connectivity index (χ2v) is 4.25. The summed E-state index contributed by atoms with van der Waals surface area (Å²) in [5, 5.41) is 11.7. The molecular weight excluding hydrogens is 274 g/mol. The van der Waals surface area contributed by atoms with Gasteiger partial charge in [-0.3, -0.25) is 5.32 Å². The maximum absolute atomic E-state index is 11.8. The molecule has 6 heteroatoms. The van der Waals surface area contributed by atoms with E-state index in [4.69, 9.17) is 19.3 Å². The van der Waals surface area contributed by atoms with Crippen molar-refractivity contribution >= 4 is 5.97 Å². The summed E-state index contributed by atoms with van der Waals surface area (Å²) in [4.78, 5) is 11.8. The van der Waals surface area contributed by atoms with Crippen LogP contribution in [0.4, 0.5) is 0 Å². The lowest BCUT2D eigenvalue weighted by molar-refractivity contribution is -0.143. The van der Waals surface area contributed by atoms with Gasteiger partial charge in [-0.1, -0.05) is 12.1 Å². The molecule has 2 N–H and O–H groups in total. The molecule has 0 aliphatic rings. The van der Waals surface area contributed by atoms with Gasteiger partial charge in [-0.25, -0.2) is 4.79 Å². The number of aliphatic hydroxyl groups is 1. The van der Waals surface area contributed by atoms with Crippen molar-refractivity contribution in [1.29, 1.82) is 0 Å². The molecule has 0 saturated heterocycles. The molecule has 0 heterocycles. The summed E-state index contributed by atoms with van der Waals surface area (Å²) in [5.41, 5.74) is 0.799. The zero-order valence-corrected chi connectivity index (χ0v) is 12.5. The maximum Gasteiger partial charge on any atom is 0.327 e. The minimum Gasteiger partial charge on any atom is -0.494 e. The number of ether oxygens (including phenoxy) is 3. The number of methoxy groups -OCH3 is 1. The van der Waals surface area contributed by atoms with E-state index in [2.05, 4.69) is 5.32 Å². The topological polar surface area (TPSA) is 77.0 Å². The molecule has 1 atom stereocenters. The largest absolute Gasteiger partial charge is 0.494 e. The number of nitrogens with one attached hydrogen (secondary N) is 1. The fraction of sp³-hybridized carbons (Fsp3) is 0.533. The van der Waals surface area contributed by atoms with E-state index in [0.717, 1.165) is 11.3 Å². The molecule has 1 unspecified atom stereocenters. The second kappa shape index (κ2) is 10.1. The van der Waals surface area contributed by atoms with Crippen molar-refractivity contribution in [2.45, 2.75) is 13.0 Å². The molecule has 0 aliphatic heterocycles. The SMILES string of the molecule is CCOc1ccc(C(NCCOCCO)C(=O)OC)cc1. The van der Waals surface area contributed by atoms with Crippen LogP contribution in [0, 0.1) is 0 Å². The average Bonchev–Trinajstić information content (AvgIpc) is 2.51. The van der Waals surface area contributed by atoms with Crippen molar-refractivity contribution in [3.63, 3.8) is 0 Å². The van der Waals surface area contributed by atoms with Crippen LogP contribution in [0.1, 0.15) is 18.5 Å². The van der Waals surface area contributed by atoms with Crippen LogP contribution in [-0.4, -0.2) is 51.2 Å². The monoisotopic (exact) mass is 297 g/mol. The number of aliphatic hydroxyl groups excluding tert-OH is 1. The number of hydrogen-bond acceptors (Lipinski definition) is 6. The first-order valence-corrected chi connectivity index (χ1v) is 6.95. The van der Waals surface area contributed by atoms with Crippen LogP contribution in [0.2, 0.25) is 0 Å². The highest BCUT2D eigenvalue weighted by molar-refractivity contribution is 5.77. The first kappa shape index (κ1) is 17.4. The predicted molar refractivity (Wildman–Crippen MR) is 78.3 cm³/mol. The fourth-order valence-electron chi connectivity index (χ4n) is 1.82. The summed E-state index contributed by atoms with van der Waals surface area (Å²) in [6.07, 6.45) is 0. The Bertz CT molecular complexity index is 407. The van der Waals surface area contributed by atoms with Crippen molar-refractivity contribution in [3.8, 4) is 5.75 Å². The standard InChI is InChI=1S/C15H23NO5/c1-3-21-13-6-4-12(5-7-13)14(15(18)19-2)16-8-10-20-11-9-17/h4-7,14,16-17H,3,8-11H2,1-2H3. The molecule has 0 fully saturated rings. The first-order chi connectivity index (χ1) is 10.2. The zero-order chi connectivity index (χ0) is 15.5. The Morgan fingerprint density at radius 3 is 2.57 bits per heavy atom. The highest BCUT2D eigenvalue weighted by Gasteiger charge is 2.20. The van der Waals surface area contributed by atoms with E-state index in [1.165, 1.54) is 7.11 Å². The Kier molecular flexibility index (Phi) is 8.42. The Balaban J connectivity index is 2.61. The lowest BCUT2D eigenvalue weighted by atomic mass is 10.1. The van der Waals surface area contributed by atoms with Crippen molar-refractivity contribution in [3.05, 3.63) is 29.8 Å². The normalized spacial score (nSPS) is 12.0. The molecule has 1 rings (SSSR count). The molecule has 0 aliphatic carbocycles. The van der Waals surface area contributed by atoms with Crippen LogP contribution in [0.25, 0.3) is 0 Å². The van der Waals surface area contributed by atoms with Crippen LogP contribution in [0.15, 0.2) is 24.3 Å². The molecule has 0 amide bonds. The summed E-state index contributed by atoms with van der Waals surface area (Å²) in [7, 11) is 1.35. The van der Waals surface area contributed by atoms with Gasteiger partial charge in [0, 0.05) is 6.54 Å². The molecule has 1 aromatic carbocycles. The maximum atomic E-state index is 11.8. The minimum atomic E-state index is -0.552. The van der Waals surface area contributed by atoms with Crippen molar-refractivity contribution < 1.29 is 24.1 Å². The number of carbonyl (C=O) groups excluding carboxylic acids is 1. The Morgan fingerprint density at radius 2 is 2.00 bits per heavy atom. The van der Waals surface area contributed by atoms with Crippen molar-refractivity contribution in [2.24, 2.45) is 0 Å². The van der Waals surface area contributed by atoms with Gasteiger partial charge < -0.3 is 19.3 Å². The number of esters is 1. The summed E-state index contributed by atoms with van der Waals surface area (Å²) in [6, 6.07) is 6.74. The third kappa shape index (κ3) is 6.12. The van der Waals surface area contributed by atoms with Gasteiger partial charge >= 0.3 is 5.97 Å². The van der Waals surface area contributed by atoms with Crippen molar-refractivity contribution in [2.75, 3.05) is 40.1 Å². The quantitative estimate of drug-likeness (QED) is 0.493. The number of hydrogen-bond donors (Lipinski definition) is 2. The zero-order valence-electron chi connectivity index (χ0n) is 12.5. The van der Waals surface area contributed by atoms with E-state index < -0.39 is 6.04 Å². The van der Waals surface area contributed by atoms with Gasteiger partial charge in [-0.15, -0.1) is 0 Å². The van der Waals surface area contributed by atoms with Crippen LogP contribution >= 0.6 is 0 Å². The molecule has 6 nitrogen and oxygen atoms in total. The van der Waals surface area contributed by atoms with Gasteiger partial charge in [0.1, 0.15) is 11.8 Å². The van der Waals surface area contributed by atoms with Crippen LogP contribution in [-0.2, 0) is 14.3 Å². The van der Waals surface area contributed by atoms with Gasteiger partial charge in [0.2, 0.25) is 0 Å². The molecule has 1 aromatic rings. The number of rotatable bonds is 10. The summed E-state index contributed by atoms with van der Waals surface area (Å²) < 4.78 is 15.3. The van der Waals surface area contributed by atoms with Gasteiger partial charge in [0.05, 0.1) is 33.5 Å². The summed E-state index contributed by atoms with van der Waals surface area (Å²) in [6.45, 7) is 3.67. The van der Waals surface area contributed by atoms with Crippen molar-refractivity contribution in [1.82, 2.24) is 5.32 Å². The predicted octanol–water partition coefficient (Wildman–Crippen LogP) is 0.898. The van der Waals surface area contributed by atoms with Gasteiger partial charge in [0.15, 0.2) is 0 Å². The van der Waals surface area contributed by atoms with E-state index in [1.807, 2.05) is 31.2 Å². The van der Waals surface area contributed by atoms with E-state index >= 15 is 0 Å².